The van der Waals surface area contributed by atoms with Gasteiger partial charge in [-0.1, -0.05) is 23.8 Å². The normalized spacial score (nSPS) is 17.4. The van der Waals surface area contributed by atoms with Crippen molar-refractivity contribution in [3.8, 4) is 11.6 Å². The fourth-order valence-electron chi connectivity index (χ4n) is 3.74. The number of likely N-dealkylation sites (tertiary alicyclic amines) is 1. The van der Waals surface area contributed by atoms with Gasteiger partial charge in [-0.25, -0.2) is 10.1 Å². The molecule has 0 aliphatic carbocycles. The fraction of sp³-hybridized carbons (Fsp3) is 0.400. The molecule has 4 N–H and O–H groups in total. The number of nitrogens with zero attached hydrogens (tertiary/aromatic N) is 7. The van der Waals surface area contributed by atoms with Crippen molar-refractivity contribution in [2.24, 2.45) is 5.10 Å². The van der Waals surface area contributed by atoms with Crippen LogP contribution in [0, 0.1) is 0 Å². The molecule has 1 unspecified atom stereocenters. The lowest BCUT2D eigenvalue weighted by Crippen LogP contribution is -2.38. The van der Waals surface area contributed by atoms with Crippen LogP contribution in [0.25, 0.3) is 5.82 Å². The van der Waals surface area contributed by atoms with Crippen molar-refractivity contribution in [3.05, 3.63) is 41.2 Å². The number of piperidine rings is 1. The fourth-order valence-corrected chi connectivity index (χ4v) is 3.74. The van der Waals surface area contributed by atoms with Crippen molar-refractivity contribution in [1.82, 2.24) is 35.6 Å². The van der Waals surface area contributed by atoms with Gasteiger partial charge in [0.15, 0.2) is 5.69 Å². The van der Waals surface area contributed by atoms with E-state index in [4.69, 9.17) is 10.4 Å². The minimum atomic E-state index is -0.541. The zero-order valence-corrected chi connectivity index (χ0v) is 17.9. The molecule has 3 aromatic rings. The maximum absolute atomic E-state index is 13.0. The van der Waals surface area contributed by atoms with Crippen LogP contribution in [0.2, 0.25) is 0 Å². The Labute approximate surface area is 184 Å². The van der Waals surface area contributed by atoms with Gasteiger partial charge in [-0.2, -0.15) is 9.78 Å². The predicted molar refractivity (Wildman–Crippen MR) is 115 cm³/mol. The summed E-state index contributed by atoms with van der Waals surface area (Å²) >= 11 is 0. The van der Waals surface area contributed by atoms with E-state index in [9.17, 15) is 9.90 Å². The quantitative estimate of drug-likeness (QED) is 0.381. The standard InChI is InChI=1S/C20H25N9O3/c1-12-7-5-6-10-28(12)11-15-17(23-27-29(15)19-18(21)25-32-26-19)20(31)24-22-13(2)14-8-3-4-9-16(14)30/h3-4,8-9,12,30H,5-7,10-11H2,1-2H3,(H2,21,25)(H,24,31). The van der Waals surface area contributed by atoms with Gasteiger partial charge in [-0.3, -0.25) is 9.69 Å². The number of aromatic hydroxyl groups is 1. The molecule has 1 aromatic carbocycles. The number of aromatic nitrogens is 5. The highest BCUT2D eigenvalue weighted by Crippen LogP contribution is 2.23. The molecule has 0 saturated carbocycles. The number of hydrogen-bond donors (Lipinski definition) is 3. The van der Waals surface area contributed by atoms with E-state index in [1.165, 1.54) is 11.1 Å². The van der Waals surface area contributed by atoms with E-state index in [-0.39, 0.29) is 23.1 Å². The van der Waals surface area contributed by atoms with Crippen molar-refractivity contribution in [2.75, 3.05) is 12.3 Å². The zero-order chi connectivity index (χ0) is 22.7. The second-order valence-corrected chi connectivity index (χ2v) is 7.74. The van der Waals surface area contributed by atoms with Crippen molar-refractivity contribution in [2.45, 2.75) is 45.7 Å². The highest BCUT2D eigenvalue weighted by Gasteiger charge is 2.28. The van der Waals surface area contributed by atoms with Crippen molar-refractivity contribution in [3.63, 3.8) is 0 Å². The Morgan fingerprint density at radius 1 is 1.34 bits per heavy atom. The summed E-state index contributed by atoms with van der Waals surface area (Å²) in [6, 6.07) is 7.09. The third-order valence-electron chi connectivity index (χ3n) is 5.59. The third kappa shape index (κ3) is 4.30. The largest absolute Gasteiger partial charge is 0.507 e. The number of nitrogen functional groups attached to an aromatic ring is 1. The molecule has 32 heavy (non-hydrogen) atoms. The van der Waals surface area contributed by atoms with Crippen molar-refractivity contribution < 1.29 is 14.5 Å². The lowest BCUT2D eigenvalue weighted by Gasteiger charge is -2.33. The van der Waals surface area contributed by atoms with Crippen molar-refractivity contribution >= 4 is 17.4 Å². The van der Waals surface area contributed by atoms with Crippen LogP contribution in [0.5, 0.6) is 5.75 Å². The van der Waals surface area contributed by atoms with E-state index >= 15 is 0 Å². The molecule has 0 radical (unpaired) electrons. The minimum absolute atomic E-state index is 0.0446. The number of hydrazone groups is 1. The van der Waals surface area contributed by atoms with Gasteiger partial charge in [0, 0.05) is 18.2 Å². The van der Waals surface area contributed by atoms with Crippen LogP contribution in [0.15, 0.2) is 34.0 Å². The van der Waals surface area contributed by atoms with E-state index in [1.54, 1.807) is 31.2 Å². The second-order valence-electron chi connectivity index (χ2n) is 7.74. The third-order valence-corrected chi connectivity index (χ3v) is 5.59. The topological polar surface area (TPSA) is 161 Å². The number of rotatable bonds is 6. The number of anilines is 1. The summed E-state index contributed by atoms with van der Waals surface area (Å²) in [7, 11) is 0. The summed E-state index contributed by atoms with van der Waals surface area (Å²) in [6.45, 7) is 5.15. The first-order chi connectivity index (χ1) is 15.5. The number of carbonyl (C=O) groups is 1. The molecule has 0 bridgehead atoms. The van der Waals surface area contributed by atoms with E-state index < -0.39 is 5.91 Å². The number of para-hydroxylation sites is 1. The first-order valence-corrected chi connectivity index (χ1v) is 10.4. The summed E-state index contributed by atoms with van der Waals surface area (Å²) in [5.74, 6) is -0.253. The van der Waals surface area contributed by atoms with Crippen LogP contribution in [0.1, 0.15) is 54.9 Å². The van der Waals surface area contributed by atoms with Gasteiger partial charge in [0.05, 0.1) is 11.4 Å². The Kier molecular flexibility index (Phi) is 6.12. The smallest absolute Gasteiger partial charge is 0.293 e. The Morgan fingerprint density at radius 3 is 2.88 bits per heavy atom. The molecule has 12 nitrogen and oxygen atoms in total. The number of nitrogens with two attached hydrogens (primary N) is 1. The highest BCUT2D eigenvalue weighted by atomic mass is 16.6. The first kappa shape index (κ1) is 21.4. The molecular formula is C20H25N9O3. The number of nitrogens with one attached hydrogen (secondary N) is 1. The Morgan fingerprint density at radius 2 is 2.16 bits per heavy atom. The van der Waals surface area contributed by atoms with Gasteiger partial charge in [-0.05, 0) is 55.7 Å². The van der Waals surface area contributed by atoms with Gasteiger partial charge in [-0.15, -0.1) is 5.10 Å². The molecule has 4 rings (SSSR count). The van der Waals surface area contributed by atoms with Crippen molar-refractivity contribution in [1.29, 1.82) is 0 Å². The van der Waals surface area contributed by atoms with Gasteiger partial charge in [0.1, 0.15) is 5.75 Å². The van der Waals surface area contributed by atoms with Gasteiger partial charge in [0.2, 0.25) is 11.6 Å². The maximum Gasteiger partial charge on any atom is 0.293 e. The molecule has 1 atom stereocenters. The Bertz CT molecular complexity index is 1140. The molecule has 2 aromatic heterocycles. The predicted octanol–water partition coefficient (Wildman–Crippen LogP) is 1.47. The number of carbonyl (C=O) groups excluding carboxylic acids is 1. The van der Waals surface area contributed by atoms with Gasteiger partial charge >= 0.3 is 0 Å². The number of benzene rings is 1. The van der Waals surface area contributed by atoms with Crippen LogP contribution in [-0.4, -0.2) is 59.5 Å². The molecule has 1 aliphatic rings. The number of phenols is 1. The molecular weight excluding hydrogens is 414 g/mol. The highest BCUT2D eigenvalue weighted by molar-refractivity contribution is 6.02. The maximum atomic E-state index is 13.0. The Balaban J connectivity index is 1.63. The second kappa shape index (κ2) is 9.14. The van der Waals surface area contributed by atoms with Crippen LogP contribution in [-0.2, 0) is 6.54 Å². The molecule has 1 aliphatic heterocycles. The minimum Gasteiger partial charge on any atom is -0.507 e. The van der Waals surface area contributed by atoms with Crippen LogP contribution >= 0.6 is 0 Å². The average Bonchev–Trinajstić information content (AvgIpc) is 3.39. The van der Waals surface area contributed by atoms with E-state index in [0.717, 1.165) is 19.4 Å². The number of hydrogen-bond acceptors (Lipinski definition) is 10. The molecule has 12 heteroatoms. The molecule has 1 saturated heterocycles. The molecule has 3 heterocycles. The zero-order valence-electron chi connectivity index (χ0n) is 17.9. The molecule has 1 fully saturated rings. The lowest BCUT2D eigenvalue weighted by molar-refractivity contribution is 0.0944. The SMILES string of the molecule is CC(=NNC(=O)c1nnn(-c2nonc2N)c1CN1CCCCC1C)c1ccccc1O. The van der Waals surface area contributed by atoms with Crippen LogP contribution in [0.4, 0.5) is 5.82 Å². The van der Waals surface area contributed by atoms with Gasteiger partial charge in [0.25, 0.3) is 5.91 Å². The summed E-state index contributed by atoms with van der Waals surface area (Å²) in [6.07, 6.45) is 3.31. The number of amides is 1. The van der Waals surface area contributed by atoms with E-state index in [2.05, 4.69) is 43.0 Å². The lowest BCUT2D eigenvalue weighted by atomic mass is 10.0. The van der Waals surface area contributed by atoms with E-state index in [0.29, 0.717) is 29.6 Å². The molecule has 168 valence electrons. The summed E-state index contributed by atoms with van der Waals surface area (Å²) in [5.41, 5.74) is 9.91. The summed E-state index contributed by atoms with van der Waals surface area (Å²) in [5, 5.41) is 29.6. The Hall–Kier alpha value is -3.80. The monoisotopic (exact) mass is 439 g/mol. The van der Waals surface area contributed by atoms with Gasteiger partial charge < -0.3 is 10.8 Å². The summed E-state index contributed by atoms with van der Waals surface area (Å²) < 4.78 is 6.08. The average molecular weight is 439 g/mol. The first-order valence-electron chi connectivity index (χ1n) is 10.4. The van der Waals surface area contributed by atoms with Crippen LogP contribution in [0.3, 0.4) is 0 Å². The number of phenolic OH excluding ortho intramolecular Hbond substituents is 1. The molecule has 1 amide bonds. The molecule has 0 spiro atoms. The van der Waals surface area contributed by atoms with E-state index in [1.807, 2.05) is 0 Å². The van der Waals surface area contributed by atoms with Crippen LogP contribution < -0.4 is 11.2 Å². The summed E-state index contributed by atoms with van der Waals surface area (Å²) in [4.78, 5) is 15.2.